The monoisotopic (exact) mass is 270 g/mol. The summed E-state index contributed by atoms with van der Waals surface area (Å²) in [7, 11) is 0. The van der Waals surface area contributed by atoms with E-state index in [9.17, 15) is 0 Å². The molecule has 0 unspecified atom stereocenters. The Bertz CT molecular complexity index is 700. The van der Waals surface area contributed by atoms with Crippen molar-refractivity contribution in [3.63, 3.8) is 0 Å². The van der Waals surface area contributed by atoms with Crippen LogP contribution in [0, 0.1) is 0 Å². The van der Waals surface area contributed by atoms with Crippen molar-refractivity contribution >= 4 is 28.3 Å². The molecule has 0 aliphatic rings. The van der Waals surface area contributed by atoms with Crippen LogP contribution < -0.4 is 5.32 Å². The number of pyridine rings is 1. The van der Waals surface area contributed by atoms with E-state index in [1.165, 1.54) is 6.33 Å². The Hall–Kier alpha value is -2.20. The van der Waals surface area contributed by atoms with Gasteiger partial charge in [-0.05, 0) is 35.9 Å². The number of fused-ring (bicyclic) bond motifs is 1. The first-order chi connectivity index (χ1) is 9.33. The molecule has 4 nitrogen and oxygen atoms in total. The minimum absolute atomic E-state index is 0.672. The molecule has 1 N–H and O–H groups in total. The summed E-state index contributed by atoms with van der Waals surface area (Å²) in [5.74, 6) is 0.804. The predicted octanol–water partition coefficient (Wildman–Crippen LogP) is 3.29. The molecule has 2 heterocycles. The van der Waals surface area contributed by atoms with Crippen LogP contribution >= 0.6 is 11.6 Å². The SMILES string of the molecule is Clc1ccc2c(NCc3ccncc3)ncnc2c1. The van der Waals surface area contributed by atoms with Gasteiger partial charge in [0, 0.05) is 29.3 Å². The molecule has 0 radical (unpaired) electrons. The molecule has 0 aliphatic carbocycles. The number of benzene rings is 1. The van der Waals surface area contributed by atoms with Crippen LogP contribution in [0.3, 0.4) is 0 Å². The van der Waals surface area contributed by atoms with E-state index in [0.29, 0.717) is 11.6 Å². The standard InChI is InChI=1S/C14H11ClN4/c15-11-1-2-12-13(7-11)18-9-19-14(12)17-8-10-3-5-16-6-4-10/h1-7,9H,8H2,(H,17,18,19). The van der Waals surface area contributed by atoms with Crippen molar-refractivity contribution in [2.24, 2.45) is 0 Å². The van der Waals surface area contributed by atoms with Gasteiger partial charge in [-0.15, -0.1) is 0 Å². The van der Waals surface area contributed by atoms with Gasteiger partial charge in [-0.2, -0.15) is 0 Å². The molecular weight excluding hydrogens is 260 g/mol. The summed E-state index contributed by atoms with van der Waals surface area (Å²) in [5, 5.41) is 4.93. The molecule has 0 amide bonds. The molecule has 1 aromatic carbocycles. The topological polar surface area (TPSA) is 50.7 Å². The minimum atomic E-state index is 0.672. The first-order valence-electron chi connectivity index (χ1n) is 5.86. The zero-order valence-electron chi connectivity index (χ0n) is 10.0. The Kier molecular flexibility index (Phi) is 3.25. The fourth-order valence-corrected chi connectivity index (χ4v) is 2.02. The summed E-state index contributed by atoms with van der Waals surface area (Å²) in [4.78, 5) is 12.5. The van der Waals surface area contributed by atoms with Gasteiger partial charge in [-0.1, -0.05) is 11.6 Å². The van der Waals surface area contributed by atoms with E-state index < -0.39 is 0 Å². The van der Waals surface area contributed by atoms with E-state index >= 15 is 0 Å². The fraction of sp³-hybridized carbons (Fsp3) is 0.0714. The van der Waals surface area contributed by atoms with Crippen LogP contribution in [-0.4, -0.2) is 15.0 Å². The highest BCUT2D eigenvalue weighted by Gasteiger charge is 2.03. The van der Waals surface area contributed by atoms with E-state index in [-0.39, 0.29) is 0 Å². The van der Waals surface area contributed by atoms with Gasteiger partial charge >= 0.3 is 0 Å². The number of halogens is 1. The van der Waals surface area contributed by atoms with E-state index in [4.69, 9.17) is 11.6 Å². The van der Waals surface area contributed by atoms with Crippen molar-refractivity contribution in [2.75, 3.05) is 5.32 Å². The Balaban J connectivity index is 1.89. The number of nitrogens with one attached hydrogen (secondary N) is 1. The predicted molar refractivity (Wildman–Crippen MR) is 76.1 cm³/mol. The summed E-state index contributed by atoms with van der Waals surface area (Å²) >= 11 is 5.96. The molecule has 19 heavy (non-hydrogen) atoms. The third-order valence-corrected chi connectivity index (χ3v) is 3.04. The average molecular weight is 271 g/mol. The number of hydrogen-bond acceptors (Lipinski definition) is 4. The zero-order chi connectivity index (χ0) is 13.1. The maximum absolute atomic E-state index is 5.96. The zero-order valence-corrected chi connectivity index (χ0v) is 10.8. The Morgan fingerprint density at radius 1 is 1.05 bits per heavy atom. The van der Waals surface area contributed by atoms with Crippen LogP contribution in [0.5, 0.6) is 0 Å². The number of nitrogens with zero attached hydrogens (tertiary/aromatic N) is 3. The van der Waals surface area contributed by atoms with Crippen LogP contribution in [0.4, 0.5) is 5.82 Å². The van der Waals surface area contributed by atoms with E-state index in [0.717, 1.165) is 22.3 Å². The first-order valence-corrected chi connectivity index (χ1v) is 6.24. The van der Waals surface area contributed by atoms with Gasteiger partial charge in [-0.3, -0.25) is 4.98 Å². The summed E-state index contributed by atoms with van der Waals surface area (Å²) in [5.41, 5.74) is 1.98. The van der Waals surface area contributed by atoms with Gasteiger partial charge in [-0.25, -0.2) is 9.97 Å². The summed E-state index contributed by atoms with van der Waals surface area (Å²) < 4.78 is 0. The van der Waals surface area contributed by atoms with Gasteiger partial charge < -0.3 is 5.32 Å². The maximum atomic E-state index is 5.96. The van der Waals surface area contributed by atoms with Gasteiger partial charge in [0.05, 0.1) is 5.52 Å². The summed E-state index contributed by atoms with van der Waals surface area (Å²) in [6, 6.07) is 9.52. The Morgan fingerprint density at radius 3 is 2.74 bits per heavy atom. The molecule has 2 aromatic heterocycles. The lowest BCUT2D eigenvalue weighted by molar-refractivity contribution is 1.09. The quantitative estimate of drug-likeness (QED) is 0.793. The highest BCUT2D eigenvalue weighted by atomic mass is 35.5. The molecule has 0 spiro atoms. The van der Waals surface area contributed by atoms with Crippen molar-refractivity contribution in [1.29, 1.82) is 0 Å². The molecule has 94 valence electrons. The van der Waals surface area contributed by atoms with Crippen molar-refractivity contribution in [3.8, 4) is 0 Å². The number of aromatic nitrogens is 3. The lowest BCUT2D eigenvalue weighted by Gasteiger charge is -2.08. The molecule has 0 saturated heterocycles. The van der Waals surface area contributed by atoms with Crippen molar-refractivity contribution in [3.05, 3.63) is 59.6 Å². The smallest absolute Gasteiger partial charge is 0.137 e. The molecule has 0 atom stereocenters. The molecule has 5 heteroatoms. The molecule has 3 rings (SSSR count). The van der Waals surface area contributed by atoms with Crippen molar-refractivity contribution in [1.82, 2.24) is 15.0 Å². The highest BCUT2D eigenvalue weighted by molar-refractivity contribution is 6.31. The van der Waals surface area contributed by atoms with Crippen LogP contribution in [0.15, 0.2) is 49.1 Å². The van der Waals surface area contributed by atoms with Crippen molar-refractivity contribution < 1.29 is 0 Å². The number of anilines is 1. The molecule has 0 bridgehead atoms. The molecule has 0 fully saturated rings. The van der Waals surface area contributed by atoms with Crippen LogP contribution in [-0.2, 0) is 6.54 Å². The van der Waals surface area contributed by atoms with Crippen LogP contribution in [0.2, 0.25) is 5.02 Å². The van der Waals surface area contributed by atoms with E-state index in [1.54, 1.807) is 12.4 Å². The lowest BCUT2D eigenvalue weighted by atomic mass is 10.2. The highest BCUT2D eigenvalue weighted by Crippen LogP contribution is 2.22. The van der Waals surface area contributed by atoms with Gasteiger partial charge in [0.15, 0.2) is 0 Å². The van der Waals surface area contributed by atoms with Crippen molar-refractivity contribution in [2.45, 2.75) is 6.54 Å². The third-order valence-electron chi connectivity index (χ3n) is 2.81. The van der Waals surface area contributed by atoms with E-state index in [2.05, 4.69) is 20.3 Å². The average Bonchev–Trinajstić information content (AvgIpc) is 2.45. The fourth-order valence-electron chi connectivity index (χ4n) is 1.86. The maximum Gasteiger partial charge on any atom is 0.137 e. The molecular formula is C14H11ClN4. The lowest BCUT2D eigenvalue weighted by Crippen LogP contribution is -2.02. The molecule has 3 aromatic rings. The third kappa shape index (κ3) is 2.63. The molecule has 0 saturated carbocycles. The first kappa shape index (κ1) is 11.9. The van der Waals surface area contributed by atoms with Gasteiger partial charge in [0.2, 0.25) is 0 Å². The summed E-state index contributed by atoms with van der Waals surface area (Å²) in [6.07, 6.45) is 5.08. The Labute approximate surface area is 115 Å². The van der Waals surface area contributed by atoms with Gasteiger partial charge in [0.1, 0.15) is 12.1 Å². The molecule has 0 aliphatic heterocycles. The summed E-state index contributed by atoms with van der Waals surface area (Å²) in [6.45, 7) is 0.692. The normalized spacial score (nSPS) is 10.6. The number of rotatable bonds is 3. The van der Waals surface area contributed by atoms with Crippen LogP contribution in [0.25, 0.3) is 10.9 Å². The second-order valence-electron chi connectivity index (χ2n) is 4.09. The van der Waals surface area contributed by atoms with E-state index in [1.807, 2.05) is 30.3 Å². The number of hydrogen-bond donors (Lipinski definition) is 1. The minimum Gasteiger partial charge on any atom is -0.365 e. The van der Waals surface area contributed by atoms with Crippen LogP contribution in [0.1, 0.15) is 5.56 Å². The van der Waals surface area contributed by atoms with Gasteiger partial charge in [0.25, 0.3) is 0 Å². The largest absolute Gasteiger partial charge is 0.365 e. The second kappa shape index (κ2) is 5.20. The second-order valence-corrected chi connectivity index (χ2v) is 4.53. The Morgan fingerprint density at radius 2 is 1.89 bits per heavy atom.